The van der Waals surface area contributed by atoms with E-state index >= 15 is 0 Å². The molecule has 0 aliphatic carbocycles. The second kappa shape index (κ2) is 10.1. The molecule has 0 bridgehead atoms. The van der Waals surface area contributed by atoms with Crippen LogP contribution < -0.4 is 0 Å². The van der Waals surface area contributed by atoms with Crippen LogP contribution in [0.25, 0.3) is 0 Å². The van der Waals surface area contributed by atoms with E-state index in [9.17, 15) is 15.3 Å². The van der Waals surface area contributed by atoms with Gasteiger partial charge >= 0.3 is 0 Å². The van der Waals surface area contributed by atoms with Crippen LogP contribution in [0.5, 0.6) is 17.2 Å². The Morgan fingerprint density at radius 1 is 0.514 bits per heavy atom. The Hall–Kier alpha value is -2.94. The summed E-state index contributed by atoms with van der Waals surface area (Å²) < 4.78 is 0. The molecule has 0 spiro atoms. The average molecular weight is 503 g/mol. The van der Waals surface area contributed by atoms with Crippen molar-refractivity contribution >= 4 is 0 Å². The van der Waals surface area contributed by atoms with Gasteiger partial charge in [-0.05, 0) is 80.2 Å². The largest absolute Gasteiger partial charge is 0.508 e. The minimum atomic E-state index is -0.194. The van der Waals surface area contributed by atoms with E-state index in [1.807, 2.05) is 36.4 Å². The fourth-order valence-electron chi connectivity index (χ4n) is 5.16. The monoisotopic (exact) mass is 502 g/mol. The molecule has 3 heteroatoms. The van der Waals surface area contributed by atoms with E-state index < -0.39 is 0 Å². The molecule has 37 heavy (non-hydrogen) atoms. The molecule has 200 valence electrons. The van der Waals surface area contributed by atoms with Crippen molar-refractivity contribution in [2.24, 2.45) is 0 Å². The molecule has 1 atom stereocenters. The Morgan fingerprint density at radius 2 is 0.811 bits per heavy atom. The van der Waals surface area contributed by atoms with Crippen LogP contribution in [-0.4, -0.2) is 15.3 Å². The maximum Gasteiger partial charge on any atom is 0.119 e. The van der Waals surface area contributed by atoms with Gasteiger partial charge in [-0.3, -0.25) is 0 Å². The van der Waals surface area contributed by atoms with Crippen LogP contribution in [-0.2, 0) is 16.2 Å². The highest BCUT2D eigenvalue weighted by Crippen LogP contribution is 2.42. The molecule has 0 radical (unpaired) electrons. The number of hydrogen-bond acceptors (Lipinski definition) is 3. The predicted octanol–water partition coefficient (Wildman–Crippen LogP) is 9.02. The lowest BCUT2D eigenvalue weighted by atomic mass is 9.76. The molecule has 0 amide bonds. The van der Waals surface area contributed by atoms with E-state index in [0.717, 1.165) is 34.2 Å². The quantitative estimate of drug-likeness (QED) is 0.326. The molecule has 0 aliphatic heterocycles. The molecule has 3 rings (SSSR count). The summed E-state index contributed by atoms with van der Waals surface area (Å²) in [5.74, 6) is 1.24. The molecule has 3 N–H and O–H groups in total. The molecular weight excluding hydrogens is 456 g/mol. The minimum absolute atomic E-state index is 0.0605. The van der Waals surface area contributed by atoms with Crippen molar-refractivity contribution in [2.75, 3.05) is 0 Å². The maximum atomic E-state index is 10.6. The number of hydrogen-bond donors (Lipinski definition) is 3. The number of phenols is 3. The summed E-state index contributed by atoms with van der Waals surface area (Å²) in [5, 5.41) is 31.8. The summed E-state index contributed by atoms with van der Waals surface area (Å²) in [5.41, 5.74) is 5.75. The average Bonchev–Trinajstić information content (AvgIpc) is 2.76. The summed E-state index contributed by atoms with van der Waals surface area (Å²) in [7, 11) is 0. The van der Waals surface area contributed by atoms with Crippen molar-refractivity contribution in [1.29, 1.82) is 0 Å². The summed E-state index contributed by atoms with van der Waals surface area (Å²) >= 11 is 0. The van der Waals surface area contributed by atoms with Crippen LogP contribution in [0.4, 0.5) is 0 Å². The first kappa shape index (κ1) is 28.6. The Labute approximate surface area is 224 Å². The van der Waals surface area contributed by atoms with E-state index in [1.165, 1.54) is 5.56 Å². The van der Waals surface area contributed by atoms with Gasteiger partial charge in [-0.1, -0.05) is 106 Å². The van der Waals surface area contributed by atoms with Gasteiger partial charge in [0.2, 0.25) is 0 Å². The third-order valence-electron chi connectivity index (χ3n) is 7.45. The zero-order valence-electron chi connectivity index (χ0n) is 24.4. The van der Waals surface area contributed by atoms with E-state index in [2.05, 4.69) is 87.4 Å². The molecule has 0 fully saturated rings. The normalized spacial score (nSPS) is 13.7. The molecular formula is C34H46O3. The molecule has 0 saturated heterocycles. The molecule has 3 aromatic carbocycles. The van der Waals surface area contributed by atoms with Crippen molar-refractivity contribution in [2.45, 2.75) is 104 Å². The summed E-state index contributed by atoms with van der Waals surface area (Å²) in [6, 6.07) is 18.0. The van der Waals surface area contributed by atoms with Gasteiger partial charge in [0, 0.05) is 5.92 Å². The van der Waals surface area contributed by atoms with Crippen molar-refractivity contribution in [3.8, 4) is 17.2 Å². The molecule has 0 heterocycles. The van der Waals surface area contributed by atoms with Gasteiger partial charge in [0.1, 0.15) is 17.2 Å². The number of rotatable bonds is 5. The van der Waals surface area contributed by atoms with Gasteiger partial charge in [-0.15, -0.1) is 0 Å². The third kappa shape index (κ3) is 6.50. The minimum Gasteiger partial charge on any atom is -0.508 e. The Balaban J connectivity index is 2.15. The highest BCUT2D eigenvalue weighted by molar-refractivity contribution is 5.48. The van der Waals surface area contributed by atoms with E-state index in [1.54, 1.807) is 0 Å². The van der Waals surface area contributed by atoms with Crippen LogP contribution in [0, 0.1) is 0 Å². The molecule has 0 saturated carbocycles. The number of benzene rings is 3. The lowest BCUT2D eigenvalue weighted by Gasteiger charge is -2.28. The smallest absolute Gasteiger partial charge is 0.119 e. The second-order valence-corrected chi connectivity index (χ2v) is 13.8. The van der Waals surface area contributed by atoms with Crippen molar-refractivity contribution < 1.29 is 15.3 Å². The standard InChI is InChI=1S/C34H46O3/c1-21(22-11-14-29(35)26(18-22)32(2,3)4)17-25(23-12-15-30(36)27(19-23)33(5,6)7)24-13-16-31(37)28(20-24)34(8,9)10/h11-16,18-21,25,35-37H,17H2,1-10H3. The van der Waals surface area contributed by atoms with Crippen LogP contribution >= 0.6 is 0 Å². The lowest BCUT2D eigenvalue weighted by Crippen LogP contribution is -2.15. The van der Waals surface area contributed by atoms with Gasteiger partial charge in [-0.2, -0.15) is 0 Å². The Bertz CT molecular complexity index is 1190. The fraction of sp³-hybridized carbons (Fsp3) is 0.471. The zero-order valence-corrected chi connectivity index (χ0v) is 24.4. The molecule has 1 unspecified atom stereocenters. The van der Waals surface area contributed by atoms with Crippen LogP contribution in [0.2, 0.25) is 0 Å². The molecule has 3 nitrogen and oxygen atoms in total. The number of aromatic hydroxyl groups is 3. The highest BCUT2D eigenvalue weighted by Gasteiger charge is 2.27. The van der Waals surface area contributed by atoms with Gasteiger partial charge < -0.3 is 15.3 Å². The van der Waals surface area contributed by atoms with Gasteiger partial charge in [-0.25, -0.2) is 0 Å². The van der Waals surface area contributed by atoms with Crippen LogP contribution in [0.1, 0.15) is 121 Å². The first-order valence-corrected chi connectivity index (χ1v) is 13.4. The van der Waals surface area contributed by atoms with Crippen LogP contribution in [0.15, 0.2) is 54.6 Å². The van der Waals surface area contributed by atoms with Gasteiger partial charge in [0.25, 0.3) is 0 Å². The topological polar surface area (TPSA) is 60.7 Å². The van der Waals surface area contributed by atoms with Crippen molar-refractivity contribution in [3.05, 3.63) is 88.0 Å². The molecule has 0 aromatic heterocycles. The van der Waals surface area contributed by atoms with Crippen molar-refractivity contribution in [1.82, 2.24) is 0 Å². The SMILES string of the molecule is CC(CC(c1ccc(O)c(C(C)(C)C)c1)c1ccc(O)c(C(C)(C)C)c1)c1ccc(O)c(C(C)(C)C)c1. The lowest BCUT2D eigenvalue weighted by molar-refractivity contribution is 0.445. The summed E-state index contributed by atoms with van der Waals surface area (Å²) in [6.45, 7) is 21.3. The Morgan fingerprint density at radius 3 is 1.14 bits per heavy atom. The maximum absolute atomic E-state index is 10.6. The van der Waals surface area contributed by atoms with Gasteiger partial charge in [0.15, 0.2) is 0 Å². The second-order valence-electron chi connectivity index (χ2n) is 13.8. The third-order valence-corrected chi connectivity index (χ3v) is 7.45. The van der Waals surface area contributed by atoms with E-state index in [0.29, 0.717) is 17.2 Å². The fourth-order valence-corrected chi connectivity index (χ4v) is 5.16. The highest BCUT2D eigenvalue weighted by atomic mass is 16.3. The number of phenolic OH excluding ortho intramolecular Hbond substituents is 3. The molecule has 0 aliphatic rings. The summed E-state index contributed by atoms with van der Waals surface area (Å²) in [6.07, 6.45) is 0.844. The zero-order chi connectivity index (χ0) is 27.9. The Kier molecular flexibility index (Phi) is 7.80. The predicted molar refractivity (Wildman–Crippen MR) is 155 cm³/mol. The molecule has 3 aromatic rings. The van der Waals surface area contributed by atoms with Crippen LogP contribution in [0.3, 0.4) is 0 Å². The van der Waals surface area contributed by atoms with Gasteiger partial charge in [0.05, 0.1) is 0 Å². The first-order valence-electron chi connectivity index (χ1n) is 13.4. The van der Waals surface area contributed by atoms with E-state index in [4.69, 9.17) is 0 Å². The van der Waals surface area contributed by atoms with E-state index in [-0.39, 0.29) is 28.1 Å². The first-order chi connectivity index (χ1) is 16.9. The summed E-state index contributed by atoms with van der Waals surface area (Å²) in [4.78, 5) is 0. The van der Waals surface area contributed by atoms with Crippen molar-refractivity contribution in [3.63, 3.8) is 0 Å².